The summed E-state index contributed by atoms with van der Waals surface area (Å²) < 4.78 is 20.7. The molecule has 1 atom stereocenters. The van der Waals surface area contributed by atoms with Gasteiger partial charge in [0.25, 0.3) is 11.5 Å². The number of benzene rings is 1. The summed E-state index contributed by atoms with van der Waals surface area (Å²) in [4.78, 5) is 24.2. The first-order valence-corrected chi connectivity index (χ1v) is 7.13. The second-order valence-corrected chi connectivity index (χ2v) is 5.44. The quantitative estimate of drug-likeness (QED) is 0.915. The fraction of sp³-hybridized carbons (Fsp3) is 0.294. The van der Waals surface area contributed by atoms with Gasteiger partial charge in [0.05, 0.1) is 6.54 Å². The molecule has 0 aliphatic heterocycles. The van der Waals surface area contributed by atoms with Crippen LogP contribution in [0.2, 0.25) is 0 Å². The van der Waals surface area contributed by atoms with Gasteiger partial charge in [0, 0.05) is 25.9 Å². The zero-order chi connectivity index (χ0) is 17.0. The molecule has 122 valence electrons. The van der Waals surface area contributed by atoms with Gasteiger partial charge in [0.1, 0.15) is 17.0 Å². The van der Waals surface area contributed by atoms with Gasteiger partial charge in [0.2, 0.25) is 0 Å². The van der Waals surface area contributed by atoms with Gasteiger partial charge in [-0.3, -0.25) is 9.59 Å². The van der Waals surface area contributed by atoms with Crippen molar-refractivity contribution in [1.82, 2.24) is 9.88 Å². The molecule has 23 heavy (non-hydrogen) atoms. The van der Waals surface area contributed by atoms with Crippen molar-refractivity contribution < 1.29 is 13.9 Å². The standard InChI is InChI=1S/C17H19FN2O3/c1-17(23-3,13-8-4-5-9-14(13)18)11-19-15(21)12-7-6-10-20(2)16(12)22/h4-10H,11H2,1-3H3,(H,19,21)/t17-/m1/s1. The number of carbonyl (C=O) groups is 1. The number of pyridine rings is 1. The molecular formula is C17H19FN2O3. The third-order valence-corrected chi connectivity index (χ3v) is 3.85. The van der Waals surface area contributed by atoms with E-state index in [2.05, 4.69) is 5.32 Å². The van der Waals surface area contributed by atoms with Gasteiger partial charge in [-0.05, 0) is 25.1 Å². The van der Waals surface area contributed by atoms with Gasteiger partial charge in [0.15, 0.2) is 0 Å². The number of carbonyl (C=O) groups excluding carboxylic acids is 1. The number of aromatic nitrogens is 1. The van der Waals surface area contributed by atoms with Crippen LogP contribution in [0, 0.1) is 5.82 Å². The molecule has 0 radical (unpaired) electrons. The average Bonchev–Trinajstić information content (AvgIpc) is 2.55. The monoisotopic (exact) mass is 318 g/mol. The largest absolute Gasteiger partial charge is 0.372 e. The molecule has 0 unspecified atom stereocenters. The van der Waals surface area contributed by atoms with E-state index in [-0.39, 0.29) is 12.1 Å². The van der Waals surface area contributed by atoms with Gasteiger partial charge in [-0.2, -0.15) is 0 Å². The molecule has 0 spiro atoms. The zero-order valence-corrected chi connectivity index (χ0v) is 13.3. The Hall–Kier alpha value is -2.47. The van der Waals surface area contributed by atoms with E-state index in [0.29, 0.717) is 5.56 Å². The first-order chi connectivity index (χ1) is 10.9. The van der Waals surface area contributed by atoms with Crippen LogP contribution in [0.15, 0.2) is 47.4 Å². The summed E-state index contributed by atoms with van der Waals surface area (Å²) in [6.07, 6.45) is 1.57. The number of ether oxygens (including phenoxy) is 1. The van der Waals surface area contributed by atoms with E-state index in [9.17, 15) is 14.0 Å². The second kappa shape index (κ2) is 6.75. The summed E-state index contributed by atoms with van der Waals surface area (Å²) in [5, 5.41) is 2.64. The number of hydrogen-bond acceptors (Lipinski definition) is 3. The minimum Gasteiger partial charge on any atom is -0.372 e. The highest BCUT2D eigenvalue weighted by Crippen LogP contribution is 2.26. The lowest BCUT2D eigenvalue weighted by Crippen LogP contribution is -2.42. The topological polar surface area (TPSA) is 60.3 Å². The van der Waals surface area contributed by atoms with Crippen molar-refractivity contribution in [3.63, 3.8) is 0 Å². The third-order valence-electron chi connectivity index (χ3n) is 3.85. The Balaban J connectivity index is 2.21. The summed E-state index contributed by atoms with van der Waals surface area (Å²) in [5.74, 6) is -0.937. The zero-order valence-electron chi connectivity index (χ0n) is 13.3. The van der Waals surface area contributed by atoms with Gasteiger partial charge in [-0.15, -0.1) is 0 Å². The van der Waals surface area contributed by atoms with Crippen LogP contribution in [-0.2, 0) is 17.4 Å². The summed E-state index contributed by atoms with van der Waals surface area (Å²) in [5.41, 5.74) is -1.07. The predicted molar refractivity (Wildman–Crippen MR) is 84.8 cm³/mol. The van der Waals surface area contributed by atoms with E-state index in [4.69, 9.17) is 4.74 Å². The Bertz CT molecular complexity index is 772. The number of nitrogens with zero attached hydrogens (tertiary/aromatic N) is 1. The molecule has 2 aromatic rings. The average molecular weight is 318 g/mol. The van der Waals surface area contributed by atoms with Crippen LogP contribution in [0.25, 0.3) is 0 Å². The Kier molecular flexibility index (Phi) is 4.95. The van der Waals surface area contributed by atoms with Crippen LogP contribution in [-0.4, -0.2) is 24.1 Å². The molecule has 1 aromatic carbocycles. The molecule has 6 heteroatoms. The Morgan fingerprint density at radius 1 is 1.30 bits per heavy atom. The normalized spacial score (nSPS) is 13.4. The first kappa shape index (κ1) is 16.9. The molecular weight excluding hydrogens is 299 g/mol. The minimum atomic E-state index is -1.04. The highest BCUT2D eigenvalue weighted by atomic mass is 19.1. The molecule has 0 saturated heterocycles. The molecule has 2 rings (SSSR count). The summed E-state index contributed by atoms with van der Waals surface area (Å²) in [6, 6.07) is 9.28. The Morgan fingerprint density at radius 2 is 2.00 bits per heavy atom. The van der Waals surface area contributed by atoms with Crippen molar-refractivity contribution in [3.05, 3.63) is 69.9 Å². The summed E-state index contributed by atoms with van der Waals surface area (Å²) in [7, 11) is 3.01. The number of methoxy groups -OCH3 is 1. The van der Waals surface area contributed by atoms with Crippen LogP contribution in [0.3, 0.4) is 0 Å². The highest BCUT2D eigenvalue weighted by molar-refractivity contribution is 5.93. The Morgan fingerprint density at radius 3 is 2.65 bits per heavy atom. The van der Waals surface area contributed by atoms with E-state index in [0.717, 1.165) is 0 Å². The lowest BCUT2D eigenvalue weighted by molar-refractivity contribution is 0.000372. The number of aryl methyl sites for hydroxylation is 1. The van der Waals surface area contributed by atoms with Gasteiger partial charge < -0.3 is 14.6 Å². The van der Waals surface area contributed by atoms with Crippen LogP contribution < -0.4 is 10.9 Å². The van der Waals surface area contributed by atoms with Crippen molar-refractivity contribution in [2.45, 2.75) is 12.5 Å². The molecule has 0 saturated carbocycles. The maximum atomic E-state index is 14.0. The van der Waals surface area contributed by atoms with E-state index in [1.165, 1.54) is 23.8 Å². The highest BCUT2D eigenvalue weighted by Gasteiger charge is 2.30. The molecule has 0 fully saturated rings. The lowest BCUT2D eigenvalue weighted by atomic mass is 9.95. The van der Waals surface area contributed by atoms with E-state index >= 15 is 0 Å². The van der Waals surface area contributed by atoms with Crippen molar-refractivity contribution in [2.75, 3.05) is 13.7 Å². The molecule has 0 aliphatic carbocycles. The minimum absolute atomic E-state index is 0.0291. The van der Waals surface area contributed by atoms with Crippen LogP contribution >= 0.6 is 0 Å². The van der Waals surface area contributed by atoms with Crippen LogP contribution in [0.1, 0.15) is 22.8 Å². The van der Waals surface area contributed by atoms with E-state index < -0.39 is 22.9 Å². The predicted octanol–water partition coefficient (Wildman–Crippen LogP) is 1.82. The number of hydrogen-bond donors (Lipinski definition) is 1. The van der Waals surface area contributed by atoms with Gasteiger partial charge in [-0.25, -0.2) is 4.39 Å². The summed E-state index contributed by atoms with van der Waals surface area (Å²) >= 11 is 0. The first-order valence-electron chi connectivity index (χ1n) is 7.13. The summed E-state index contributed by atoms with van der Waals surface area (Å²) in [6.45, 7) is 1.70. The molecule has 1 heterocycles. The fourth-order valence-electron chi connectivity index (χ4n) is 2.28. The van der Waals surface area contributed by atoms with Crippen molar-refractivity contribution in [3.8, 4) is 0 Å². The number of halogens is 1. The maximum absolute atomic E-state index is 14.0. The maximum Gasteiger partial charge on any atom is 0.263 e. The van der Waals surface area contributed by atoms with Gasteiger partial charge >= 0.3 is 0 Å². The van der Waals surface area contributed by atoms with E-state index in [1.807, 2.05) is 0 Å². The number of rotatable bonds is 5. The number of amides is 1. The smallest absolute Gasteiger partial charge is 0.263 e. The molecule has 5 nitrogen and oxygen atoms in total. The van der Waals surface area contributed by atoms with Crippen molar-refractivity contribution >= 4 is 5.91 Å². The lowest BCUT2D eigenvalue weighted by Gasteiger charge is -2.29. The SMILES string of the molecule is CO[C@](C)(CNC(=O)c1cccn(C)c1=O)c1ccccc1F. The van der Waals surface area contributed by atoms with E-state index in [1.54, 1.807) is 44.4 Å². The molecule has 0 bridgehead atoms. The number of nitrogens with one attached hydrogen (secondary N) is 1. The van der Waals surface area contributed by atoms with Crippen LogP contribution in [0.5, 0.6) is 0 Å². The van der Waals surface area contributed by atoms with Crippen molar-refractivity contribution in [2.24, 2.45) is 7.05 Å². The molecule has 1 aromatic heterocycles. The second-order valence-electron chi connectivity index (χ2n) is 5.44. The fourth-order valence-corrected chi connectivity index (χ4v) is 2.28. The molecule has 1 N–H and O–H groups in total. The molecule has 1 amide bonds. The Labute approximate surface area is 133 Å². The van der Waals surface area contributed by atoms with Crippen molar-refractivity contribution in [1.29, 1.82) is 0 Å². The molecule has 0 aliphatic rings. The third kappa shape index (κ3) is 3.48. The van der Waals surface area contributed by atoms with Crippen LogP contribution in [0.4, 0.5) is 4.39 Å². The van der Waals surface area contributed by atoms with Gasteiger partial charge in [-0.1, -0.05) is 18.2 Å².